The van der Waals surface area contributed by atoms with Crippen molar-refractivity contribution in [2.45, 2.75) is 39.0 Å². The Morgan fingerprint density at radius 2 is 1.92 bits per heavy atom. The molecule has 1 saturated carbocycles. The first-order chi connectivity index (χ1) is 5.77. The van der Waals surface area contributed by atoms with Crippen LogP contribution in [0.4, 0.5) is 0 Å². The van der Waals surface area contributed by atoms with Gasteiger partial charge in [-0.25, -0.2) is 0 Å². The van der Waals surface area contributed by atoms with Crippen molar-refractivity contribution in [3.8, 4) is 0 Å². The van der Waals surface area contributed by atoms with Crippen LogP contribution in [0.3, 0.4) is 0 Å². The number of Topliss-reactive ketones (excluding diaryl/α,β-unsaturated/α-hetero) is 1. The van der Waals surface area contributed by atoms with Gasteiger partial charge < -0.3 is 5.73 Å². The van der Waals surface area contributed by atoms with Crippen LogP contribution in [-0.2, 0) is 4.79 Å². The largest absolute Gasteiger partial charge is 0.330 e. The zero-order chi connectivity index (χ0) is 8.97. The van der Waals surface area contributed by atoms with E-state index in [0.29, 0.717) is 24.0 Å². The molecule has 2 heteroatoms. The third-order valence-electron chi connectivity index (χ3n) is 2.98. The average Bonchev–Trinajstić information content (AvgIpc) is 2.17. The molecule has 1 rings (SSSR count). The summed E-state index contributed by atoms with van der Waals surface area (Å²) >= 11 is 0. The van der Waals surface area contributed by atoms with Gasteiger partial charge in [0, 0.05) is 12.3 Å². The van der Waals surface area contributed by atoms with Gasteiger partial charge in [0.05, 0.1) is 0 Å². The van der Waals surface area contributed by atoms with E-state index in [0.717, 1.165) is 32.2 Å². The summed E-state index contributed by atoms with van der Waals surface area (Å²) in [5, 5.41) is 0. The molecule has 0 aromatic carbocycles. The van der Waals surface area contributed by atoms with Crippen molar-refractivity contribution in [1.29, 1.82) is 0 Å². The lowest BCUT2D eigenvalue weighted by atomic mass is 9.79. The molecular weight excluding hydrogens is 150 g/mol. The van der Waals surface area contributed by atoms with Gasteiger partial charge in [0.25, 0.3) is 0 Å². The molecule has 0 aromatic heterocycles. The van der Waals surface area contributed by atoms with Gasteiger partial charge in [-0.15, -0.1) is 0 Å². The van der Waals surface area contributed by atoms with Crippen LogP contribution in [0.2, 0.25) is 0 Å². The molecule has 0 unspecified atom stereocenters. The molecule has 2 nitrogen and oxygen atoms in total. The minimum Gasteiger partial charge on any atom is -0.330 e. The molecule has 0 spiro atoms. The van der Waals surface area contributed by atoms with Crippen molar-refractivity contribution in [3.63, 3.8) is 0 Å². The summed E-state index contributed by atoms with van der Waals surface area (Å²) < 4.78 is 0. The second-order valence-corrected chi connectivity index (χ2v) is 3.77. The van der Waals surface area contributed by atoms with Crippen molar-refractivity contribution in [2.24, 2.45) is 17.6 Å². The minimum absolute atomic E-state index is 0.359. The van der Waals surface area contributed by atoms with Crippen LogP contribution in [0, 0.1) is 11.8 Å². The summed E-state index contributed by atoms with van der Waals surface area (Å²) in [6.07, 6.45) is 5.18. The number of carbonyl (C=O) groups excluding carboxylic acids is 1. The minimum atomic E-state index is 0.359. The van der Waals surface area contributed by atoms with Crippen LogP contribution in [0.15, 0.2) is 0 Å². The van der Waals surface area contributed by atoms with E-state index in [1.807, 2.05) is 6.92 Å². The van der Waals surface area contributed by atoms with Crippen LogP contribution >= 0.6 is 0 Å². The quantitative estimate of drug-likeness (QED) is 0.699. The van der Waals surface area contributed by atoms with Crippen LogP contribution in [0.25, 0.3) is 0 Å². The van der Waals surface area contributed by atoms with E-state index in [2.05, 4.69) is 0 Å². The normalized spacial score (nSPS) is 30.2. The predicted molar refractivity (Wildman–Crippen MR) is 49.8 cm³/mol. The molecule has 0 atom stereocenters. The Labute approximate surface area is 74.5 Å². The molecule has 1 aliphatic rings. The number of carbonyl (C=O) groups is 1. The van der Waals surface area contributed by atoms with E-state index in [4.69, 9.17) is 5.73 Å². The Hall–Kier alpha value is -0.370. The molecule has 0 heterocycles. The summed E-state index contributed by atoms with van der Waals surface area (Å²) in [5.74, 6) is 1.49. The summed E-state index contributed by atoms with van der Waals surface area (Å²) in [4.78, 5) is 11.3. The zero-order valence-electron chi connectivity index (χ0n) is 7.88. The fraction of sp³-hybridized carbons (Fsp3) is 0.900. The summed E-state index contributed by atoms with van der Waals surface area (Å²) in [6, 6.07) is 0. The number of hydrogen-bond donors (Lipinski definition) is 1. The molecular formula is C10H19NO. The Bertz CT molecular complexity index is 148. The first kappa shape index (κ1) is 9.72. The number of rotatable bonds is 3. The number of nitrogens with two attached hydrogens (primary N) is 1. The van der Waals surface area contributed by atoms with Gasteiger partial charge in [0.15, 0.2) is 0 Å². The Kier molecular flexibility index (Phi) is 3.73. The predicted octanol–water partition coefficient (Wildman–Crippen LogP) is 1.73. The first-order valence-corrected chi connectivity index (χ1v) is 5.00. The van der Waals surface area contributed by atoms with Gasteiger partial charge in [0.2, 0.25) is 0 Å². The standard InChI is InChI=1S/C10H19NO/c1-2-10(12)9-5-3-8(7-11)4-6-9/h8-9H,2-7,11H2,1H3/t8-,9-. The molecule has 1 fully saturated rings. The lowest BCUT2D eigenvalue weighted by Gasteiger charge is -2.26. The molecule has 12 heavy (non-hydrogen) atoms. The maximum atomic E-state index is 11.3. The highest BCUT2D eigenvalue weighted by molar-refractivity contribution is 5.80. The molecule has 0 aliphatic heterocycles. The first-order valence-electron chi connectivity index (χ1n) is 5.00. The molecule has 0 aromatic rings. The lowest BCUT2D eigenvalue weighted by Crippen LogP contribution is -2.25. The van der Waals surface area contributed by atoms with E-state index in [-0.39, 0.29) is 0 Å². The fourth-order valence-corrected chi connectivity index (χ4v) is 2.01. The second-order valence-electron chi connectivity index (χ2n) is 3.77. The molecule has 0 saturated heterocycles. The van der Waals surface area contributed by atoms with Gasteiger partial charge in [0.1, 0.15) is 5.78 Å². The third-order valence-corrected chi connectivity index (χ3v) is 2.98. The highest BCUT2D eigenvalue weighted by Crippen LogP contribution is 2.29. The van der Waals surface area contributed by atoms with Gasteiger partial charge in [-0.2, -0.15) is 0 Å². The van der Waals surface area contributed by atoms with Gasteiger partial charge in [-0.1, -0.05) is 6.92 Å². The fourth-order valence-electron chi connectivity index (χ4n) is 2.01. The van der Waals surface area contributed by atoms with Crippen LogP contribution in [0.5, 0.6) is 0 Å². The number of ketones is 1. The Morgan fingerprint density at radius 1 is 1.33 bits per heavy atom. The number of hydrogen-bond acceptors (Lipinski definition) is 2. The lowest BCUT2D eigenvalue weighted by molar-refractivity contribution is -0.123. The van der Waals surface area contributed by atoms with Crippen LogP contribution < -0.4 is 5.73 Å². The Morgan fingerprint density at radius 3 is 2.33 bits per heavy atom. The smallest absolute Gasteiger partial charge is 0.135 e. The van der Waals surface area contributed by atoms with Crippen molar-refractivity contribution < 1.29 is 4.79 Å². The molecule has 2 N–H and O–H groups in total. The van der Waals surface area contributed by atoms with Crippen molar-refractivity contribution in [2.75, 3.05) is 6.54 Å². The maximum Gasteiger partial charge on any atom is 0.135 e. The van der Waals surface area contributed by atoms with E-state index in [9.17, 15) is 4.79 Å². The molecule has 70 valence electrons. The van der Waals surface area contributed by atoms with Crippen molar-refractivity contribution in [3.05, 3.63) is 0 Å². The van der Waals surface area contributed by atoms with Crippen LogP contribution in [-0.4, -0.2) is 12.3 Å². The van der Waals surface area contributed by atoms with E-state index >= 15 is 0 Å². The molecule has 0 amide bonds. The Balaban J connectivity index is 2.30. The van der Waals surface area contributed by atoms with Crippen LogP contribution in [0.1, 0.15) is 39.0 Å². The van der Waals surface area contributed by atoms with Gasteiger partial charge in [-0.3, -0.25) is 4.79 Å². The summed E-state index contributed by atoms with van der Waals surface area (Å²) in [6.45, 7) is 2.75. The monoisotopic (exact) mass is 169 g/mol. The summed E-state index contributed by atoms with van der Waals surface area (Å²) in [5.41, 5.74) is 5.57. The third kappa shape index (κ3) is 2.31. The van der Waals surface area contributed by atoms with E-state index in [1.165, 1.54) is 0 Å². The molecule has 1 aliphatic carbocycles. The topological polar surface area (TPSA) is 43.1 Å². The van der Waals surface area contributed by atoms with Crippen molar-refractivity contribution >= 4 is 5.78 Å². The maximum absolute atomic E-state index is 11.3. The summed E-state index contributed by atoms with van der Waals surface area (Å²) in [7, 11) is 0. The zero-order valence-corrected chi connectivity index (χ0v) is 7.88. The molecule has 0 radical (unpaired) electrons. The van der Waals surface area contributed by atoms with Crippen molar-refractivity contribution in [1.82, 2.24) is 0 Å². The van der Waals surface area contributed by atoms with E-state index < -0.39 is 0 Å². The SMILES string of the molecule is CCC(=O)[C@H]1CC[C@H](CN)CC1. The van der Waals surface area contributed by atoms with Gasteiger partial charge >= 0.3 is 0 Å². The highest BCUT2D eigenvalue weighted by atomic mass is 16.1. The molecule has 0 bridgehead atoms. The van der Waals surface area contributed by atoms with E-state index in [1.54, 1.807) is 0 Å². The second kappa shape index (κ2) is 4.61. The highest BCUT2D eigenvalue weighted by Gasteiger charge is 2.23. The average molecular weight is 169 g/mol. The van der Waals surface area contributed by atoms with Gasteiger partial charge in [-0.05, 0) is 38.1 Å².